The van der Waals surface area contributed by atoms with E-state index in [2.05, 4.69) is 6.92 Å². The highest BCUT2D eigenvalue weighted by Crippen LogP contribution is 2.38. The fourth-order valence-corrected chi connectivity index (χ4v) is 4.21. The van der Waals surface area contributed by atoms with Crippen LogP contribution in [0.4, 0.5) is 0 Å². The van der Waals surface area contributed by atoms with E-state index in [-0.39, 0.29) is 17.9 Å². The molecule has 3 rings (SSSR count). The van der Waals surface area contributed by atoms with Gasteiger partial charge in [-0.05, 0) is 50.1 Å². The highest BCUT2D eigenvalue weighted by atomic mass is 32.2. The van der Waals surface area contributed by atoms with Crippen LogP contribution < -0.4 is 4.74 Å². The molecule has 2 amide bonds. The summed E-state index contributed by atoms with van der Waals surface area (Å²) in [5.74, 6) is 1.59. The van der Waals surface area contributed by atoms with Crippen molar-refractivity contribution in [2.75, 3.05) is 6.54 Å². The van der Waals surface area contributed by atoms with Gasteiger partial charge in [0.05, 0.1) is 28.6 Å². The molecule has 5 nitrogen and oxygen atoms in total. The minimum atomic E-state index is -0.217. The lowest BCUT2D eigenvalue weighted by Gasteiger charge is -2.14. The van der Waals surface area contributed by atoms with Crippen molar-refractivity contribution in [1.29, 1.82) is 0 Å². The van der Waals surface area contributed by atoms with Crippen molar-refractivity contribution >= 4 is 29.1 Å². The Hall–Kier alpha value is -2.47. The Balaban J connectivity index is 1.87. The van der Waals surface area contributed by atoms with Crippen LogP contribution in [0.3, 0.4) is 0 Å². The molecule has 0 N–H and O–H groups in total. The first kappa shape index (κ1) is 21.2. The minimum Gasteiger partial charge on any atom is -0.491 e. The van der Waals surface area contributed by atoms with Crippen molar-refractivity contribution in [2.24, 2.45) is 0 Å². The van der Waals surface area contributed by atoms with E-state index in [0.29, 0.717) is 22.8 Å². The first-order valence-electron chi connectivity index (χ1n) is 10.0. The quantitative estimate of drug-likeness (QED) is 0.392. The summed E-state index contributed by atoms with van der Waals surface area (Å²) in [5, 5.41) is 0. The zero-order valence-corrected chi connectivity index (χ0v) is 18.0. The van der Waals surface area contributed by atoms with Crippen molar-refractivity contribution in [3.8, 4) is 5.75 Å². The van der Waals surface area contributed by atoms with Crippen LogP contribution in [0.5, 0.6) is 5.75 Å². The van der Waals surface area contributed by atoms with Gasteiger partial charge in [0.2, 0.25) is 0 Å². The maximum Gasteiger partial charge on any atom is 0.267 e. The number of unbranched alkanes of at least 4 members (excludes halogenated alkanes) is 2. The first-order chi connectivity index (χ1) is 14.0. The molecule has 1 aliphatic heterocycles. The second-order valence-electron chi connectivity index (χ2n) is 7.23. The van der Waals surface area contributed by atoms with E-state index < -0.39 is 0 Å². The average molecular weight is 414 g/mol. The van der Waals surface area contributed by atoms with Gasteiger partial charge in [0.1, 0.15) is 11.5 Å². The van der Waals surface area contributed by atoms with Gasteiger partial charge in [-0.3, -0.25) is 14.5 Å². The monoisotopic (exact) mass is 413 g/mol. The third-order valence-corrected chi connectivity index (χ3v) is 5.66. The van der Waals surface area contributed by atoms with Crippen LogP contribution in [0.1, 0.15) is 51.4 Å². The Morgan fingerprint density at radius 2 is 1.83 bits per heavy atom. The van der Waals surface area contributed by atoms with Gasteiger partial charge in [-0.2, -0.15) is 0 Å². The standard InChI is InChI=1S/C23H27NO4S/c1-4-5-6-13-24-22(25)20(17-9-11-18(12-10-17)28-16(2)3)21(23(24)26)29-15-19-8-7-14-27-19/h7-12,14,16H,4-6,13,15H2,1-3H3. The van der Waals surface area contributed by atoms with E-state index in [1.54, 1.807) is 6.26 Å². The maximum absolute atomic E-state index is 13.1. The van der Waals surface area contributed by atoms with E-state index in [1.165, 1.54) is 16.7 Å². The number of carbonyl (C=O) groups is 2. The van der Waals surface area contributed by atoms with E-state index in [9.17, 15) is 9.59 Å². The number of thioether (sulfide) groups is 1. The number of imide groups is 1. The second kappa shape index (κ2) is 9.83. The molecule has 0 spiro atoms. The SMILES string of the molecule is CCCCCN1C(=O)C(SCc2ccco2)=C(c2ccc(OC(C)C)cc2)C1=O. The van der Waals surface area contributed by atoms with Crippen LogP contribution in [-0.2, 0) is 15.3 Å². The Bertz CT molecular complexity index is 869. The number of carbonyl (C=O) groups excluding carboxylic acids is 2. The van der Waals surface area contributed by atoms with Crippen molar-refractivity contribution < 1.29 is 18.7 Å². The van der Waals surface area contributed by atoms with Crippen molar-refractivity contribution in [2.45, 2.75) is 51.9 Å². The van der Waals surface area contributed by atoms with Gasteiger partial charge < -0.3 is 9.15 Å². The number of hydrogen-bond acceptors (Lipinski definition) is 5. The van der Waals surface area contributed by atoms with Crippen molar-refractivity contribution in [1.82, 2.24) is 4.90 Å². The van der Waals surface area contributed by atoms with Gasteiger partial charge in [-0.15, -0.1) is 11.8 Å². The lowest BCUT2D eigenvalue weighted by atomic mass is 10.1. The highest BCUT2D eigenvalue weighted by Gasteiger charge is 2.38. The lowest BCUT2D eigenvalue weighted by molar-refractivity contribution is -0.136. The van der Waals surface area contributed by atoms with Crippen LogP contribution in [0, 0.1) is 0 Å². The van der Waals surface area contributed by atoms with E-state index >= 15 is 0 Å². The molecule has 0 atom stereocenters. The Morgan fingerprint density at radius 3 is 2.45 bits per heavy atom. The topological polar surface area (TPSA) is 59.8 Å². The molecule has 2 aromatic rings. The fraction of sp³-hybridized carbons (Fsp3) is 0.391. The van der Waals surface area contributed by atoms with Gasteiger partial charge in [-0.25, -0.2) is 0 Å². The molecule has 1 aromatic carbocycles. The van der Waals surface area contributed by atoms with Crippen LogP contribution in [0.15, 0.2) is 52.0 Å². The number of furan rings is 1. The van der Waals surface area contributed by atoms with Crippen molar-refractivity contribution in [3.05, 3.63) is 58.9 Å². The summed E-state index contributed by atoms with van der Waals surface area (Å²) in [7, 11) is 0. The summed E-state index contributed by atoms with van der Waals surface area (Å²) in [5.41, 5.74) is 1.21. The molecule has 0 aliphatic carbocycles. The molecule has 6 heteroatoms. The van der Waals surface area contributed by atoms with Crippen LogP contribution in [-0.4, -0.2) is 29.4 Å². The molecular weight excluding hydrogens is 386 g/mol. The average Bonchev–Trinajstić information content (AvgIpc) is 3.29. The summed E-state index contributed by atoms with van der Waals surface area (Å²) < 4.78 is 11.1. The summed E-state index contributed by atoms with van der Waals surface area (Å²) in [4.78, 5) is 28.0. The van der Waals surface area contributed by atoms with E-state index in [1.807, 2.05) is 50.2 Å². The fourth-order valence-electron chi connectivity index (χ4n) is 3.18. The number of nitrogens with zero attached hydrogens (tertiary/aromatic N) is 1. The largest absolute Gasteiger partial charge is 0.491 e. The molecule has 0 bridgehead atoms. The van der Waals surface area contributed by atoms with E-state index in [4.69, 9.17) is 9.15 Å². The molecule has 0 fully saturated rings. The molecule has 0 unspecified atom stereocenters. The highest BCUT2D eigenvalue weighted by molar-refractivity contribution is 8.03. The molecule has 154 valence electrons. The molecular formula is C23H27NO4S. The van der Waals surface area contributed by atoms with Gasteiger partial charge in [-0.1, -0.05) is 31.9 Å². The molecule has 29 heavy (non-hydrogen) atoms. The number of amides is 2. The first-order valence-corrected chi connectivity index (χ1v) is 11.0. The third-order valence-electron chi connectivity index (χ3n) is 4.56. The number of ether oxygens (including phenoxy) is 1. The van der Waals surface area contributed by atoms with E-state index in [0.717, 1.165) is 36.3 Å². The number of benzene rings is 1. The third kappa shape index (κ3) is 5.12. The van der Waals surface area contributed by atoms with Crippen LogP contribution in [0.2, 0.25) is 0 Å². The summed E-state index contributed by atoms with van der Waals surface area (Å²) in [6.45, 7) is 6.48. The second-order valence-corrected chi connectivity index (χ2v) is 8.22. The molecule has 1 aromatic heterocycles. The molecule has 0 saturated carbocycles. The molecule has 0 saturated heterocycles. The van der Waals surface area contributed by atoms with Gasteiger partial charge >= 0.3 is 0 Å². The number of rotatable bonds is 10. The van der Waals surface area contributed by atoms with Gasteiger partial charge in [0.25, 0.3) is 11.8 Å². The zero-order valence-electron chi connectivity index (χ0n) is 17.1. The van der Waals surface area contributed by atoms with Gasteiger partial charge in [0.15, 0.2) is 0 Å². The predicted octanol–water partition coefficient (Wildman–Crippen LogP) is 5.27. The Morgan fingerprint density at radius 1 is 1.07 bits per heavy atom. The number of hydrogen-bond donors (Lipinski definition) is 0. The Labute approximate surface area is 176 Å². The Kier molecular flexibility index (Phi) is 7.20. The lowest BCUT2D eigenvalue weighted by Crippen LogP contribution is -2.32. The predicted molar refractivity (Wildman–Crippen MR) is 115 cm³/mol. The summed E-state index contributed by atoms with van der Waals surface area (Å²) in [6, 6.07) is 11.1. The summed E-state index contributed by atoms with van der Waals surface area (Å²) >= 11 is 1.36. The smallest absolute Gasteiger partial charge is 0.267 e. The van der Waals surface area contributed by atoms with Crippen LogP contribution in [0.25, 0.3) is 5.57 Å². The normalized spacial score (nSPS) is 14.4. The molecule has 0 radical (unpaired) electrons. The van der Waals surface area contributed by atoms with Crippen molar-refractivity contribution in [3.63, 3.8) is 0 Å². The zero-order chi connectivity index (χ0) is 20.8. The van der Waals surface area contributed by atoms with Crippen LogP contribution >= 0.6 is 11.8 Å². The molecule has 1 aliphatic rings. The maximum atomic E-state index is 13.1. The van der Waals surface area contributed by atoms with Gasteiger partial charge in [0, 0.05) is 6.54 Å². The molecule has 2 heterocycles. The minimum absolute atomic E-state index is 0.0724. The summed E-state index contributed by atoms with van der Waals surface area (Å²) in [6.07, 6.45) is 4.52.